The third kappa shape index (κ3) is 3.14. The molecule has 1 heterocycles. The molecule has 2 N–H and O–H groups in total. The summed E-state index contributed by atoms with van der Waals surface area (Å²) in [5.74, 6) is -0.0935. The van der Waals surface area contributed by atoms with Crippen molar-refractivity contribution in [1.82, 2.24) is 10.3 Å². The molecule has 106 valence electrons. The SMILES string of the molecule is Cc1ccc2cc(C(=O)NC(C)C(C)CO)ccc2n1. The minimum atomic E-state index is -0.125. The Bertz CT molecular complexity index is 625. The van der Waals surface area contributed by atoms with E-state index in [0.29, 0.717) is 5.56 Å². The Morgan fingerprint density at radius 2 is 2.05 bits per heavy atom. The Labute approximate surface area is 118 Å². The maximum Gasteiger partial charge on any atom is 0.251 e. The van der Waals surface area contributed by atoms with Crippen molar-refractivity contribution in [1.29, 1.82) is 0 Å². The van der Waals surface area contributed by atoms with Crippen LogP contribution in [0.2, 0.25) is 0 Å². The predicted octanol–water partition coefficient (Wildman–Crippen LogP) is 2.29. The maximum atomic E-state index is 12.2. The van der Waals surface area contributed by atoms with E-state index in [0.717, 1.165) is 16.6 Å². The summed E-state index contributed by atoms with van der Waals surface area (Å²) in [6.07, 6.45) is 0. The van der Waals surface area contributed by atoms with Crippen LogP contribution in [0.25, 0.3) is 10.9 Å². The molecule has 0 saturated heterocycles. The number of pyridine rings is 1. The highest BCUT2D eigenvalue weighted by Gasteiger charge is 2.15. The van der Waals surface area contributed by atoms with Crippen LogP contribution in [0.5, 0.6) is 0 Å². The predicted molar refractivity (Wildman–Crippen MR) is 79.7 cm³/mol. The van der Waals surface area contributed by atoms with Crippen LogP contribution >= 0.6 is 0 Å². The van der Waals surface area contributed by atoms with Gasteiger partial charge in [0.1, 0.15) is 0 Å². The van der Waals surface area contributed by atoms with Crippen molar-refractivity contribution < 1.29 is 9.90 Å². The molecule has 1 aromatic carbocycles. The molecule has 0 saturated carbocycles. The number of rotatable bonds is 4. The van der Waals surface area contributed by atoms with Gasteiger partial charge in [-0.15, -0.1) is 0 Å². The van der Waals surface area contributed by atoms with Crippen LogP contribution in [0.1, 0.15) is 29.9 Å². The second-order valence-electron chi connectivity index (χ2n) is 5.28. The maximum absolute atomic E-state index is 12.2. The van der Waals surface area contributed by atoms with Crippen molar-refractivity contribution in [2.24, 2.45) is 5.92 Å². The monoisotopic (exact) mass is 272 g/mol. The van der Waals surface area contributed by atoms with E-state index in [9.17, 15) is 4.79 Å². The summed E-state index contributed by atoms with van der Waals surface area (Å²) < 4.78 is 0. The number of aryl methyl sites for hydroxylation is 1. The number of aliphatic hydroxyl groups excluding tert-OH is 1. The van der Waals surface area contributed by atoms with Crippen LogP contribution in [0.3, 0.4) is 0 Å². The molecule has 0 fully saturated rings. The van der Waals surface area contributed by atoms with E-state index in [1.807, 2.05) is 45.0 Å². The fourth-order valence-electron chi connectivity index (χ4n) is 1.96. The summed E-state index contributed by atoms with van der Waals surface area (Å²) >= 11 is 0. The van der Waals surface area contributed by atoms with Gasteiger partial charge in [0.2, 0.25) is 0 Å². The van der Waals surface area contributed by atoms with Crippen molar-refractivity contribution in [2.45, 2.75) is 26.8 Å². The lowest BCUT2D eigenvalue weighted by Gasteiger charge is -2.19. The molecule has 1 amide bonds. The van der Waals surface area contributed by atoms with Crippen LogP contribution in [-0.4, -0.2) is 28.6 Å². The van der Waals surface area contributed by atoms with E-state index >= 15 is 0 Å². The van der Waals surface area contributed by atoms with Gasteiger partial charge in [0.25, 0.3) is 5.91 Å². The van der Waals surface area contributed by atoms with Gasteiger partial charge in [-0.2, -0.15) is 0 Å². The Hall–Kier alpha value is -1.94. The third-order valence-electron chi connectivity index (χ3n) is 3.59. The van der Waals surface area contributed by atoms with Gasteiger partial charge in [0.15, 0.2) is 0 Å². The molecular formula is C16H20N2O2. The standard InChI is InChI=1S/C16H20N2O2/c1-10(9-19)12(3)18-16(20)14-6-7-15-13(8-14)5-4-11(2)17-15/h4-8,10,12,19H,9H2,1-3H3,(H,18,20). The molecular weight excluding hydrogens is 252 g/mol. The largest absolute Gasteiger partial charge is 0.396 e. The molecule has 2 atom stereocenters. The van der Waals surface area contributed by atoms with Crippen molar-refractivity contribution in [3.63, 3.8) is 0 Å². The van der Waals surface area contributed by atoms with Crippen molar-refractivity contribution in [2.75, 3.05) is 6.61 Å². The van der Waals surface area contributed by atoms with E-state index < -0.39 is 0 Å². The first-order valence-corrected chi connectivity index (χ1v) is 6.80. The average Bonchev–Trinajstić information content (AvgIpc) is 2.45. The fraction of sp³-hybridized carbons (Fsp3) is 0.375. The van der Waals surface area contributed by atoms with Crippen LogP contribution in [0, 0.1) is 12.8 Å². The number of hydrogen-bond acceptors (Lipinski definition) is 3. The molecule has 1 aromatic heterocycles. The molecule has 0 spiro atoms. The molecule has 20 heavy (non-hydrogen) atoms. The molecule has 0 radical (unpaired) electrons. The van der Waals surface area contributed by atoms with E-state index in [4.69, 9.17) is 5.11 Å². The molecule has 2 unspecified atom stereocenters. The van der Waals surface area contributed by atoms with E-state index in [1.165, 1.54) is 0 Å². The number of aromatic nitrogens is 1. The van der Waals surface area contributed by atoms with E-state index in [-0.39, 0.29) is 24.5 Å². The number of hydrogen-bond donors (Lipinski definition) is 2. The Balaban J connectivity index is 2.20. The first-order valence-electron chi connectivity index (χ1n) is 6.80. The zero-order valence-corrected chi connectivity index (χ0v) is 12.1. The quantitative estimate of drug-likeness (QED) is 0.897. The first kappa shape index (κ1) is 14.5. The zero-order valence-electron chi connectivity index (χ0n) is 12.1. The van der Waals surface area contributed by atoms with Crippen molar-refractivity contribution in [3.8, 4) is 0 Å². The highest BCUT2D eigenvalue weighted by molar-refractivity contribution is 5.98. The molecule has 0 aliphatic rings. The summed E-state index contributed by atoms with van der Waals surface area (Å²) in [6.45, 7) is 5.79. The lowest BCUT2D eigenvalue weighted by molar-refractivity contribution is 0.0916. The molecule has 0 aliphatic carbocycles. The number of nitrogens with one attached hydrogen (secondary N) is 1. The summed E-state index contributed by atoms with van der Waals surface area (Å²) in [5.41, 5.74) is 2.46. The second kappa shape index (κ2) is 6.01. The number of benzene rings is 1. The molecule has 0 bridgehead atoms. The number of fused-ring (bicyclic) bond motifs is 1. The number of carbonyl (C=O) groups excluding carboxylic acids is 1. The van der Waals surface area contributed by atoms with E-state index in [1.54, 1.807) is 6.07 Å². The summed E-state index contributed by atoms with van der Waals surface area (Å²) in [7, 11) is 0. The lowest BCUT2D eigenvalue weighted by atomic mass is 10.0. The van der Waals surface area contributed by atoms with Gasteiger partial charge in [0, 0.05) is 29.3 Å². The summed E-state index contributed by atoms with van der Waals surface area (Å²) in [6, 6.07) is 9.30. The normalized spacial score (nSPS) is 14.0. The van der Waals surface area contributed by atoms with Gasteiger partial charge < -0.3 is 10.4 Å². The third-order valence-corrected chi connectivity index (χ3v) is 3.59. The van der Waals surface area contributed by atoms with Gasteiger partial charge in [0.05, 0.1) is 5.52 Å². The minimum absolute atomic E-state index is 0.0312. The molecule has 4 heteroatoms. The summed E-state index contributed by atoms with van der Waals surface area (Å²) in [4.78, 5) is 16.6. The number of amides is 1. The molecule has 2 aromatic rings. The Kier molecular flexibility index (Phi) is 4.35. The topological polar surface area (TPSA) is 62.2 Å². The smallest absolute Gasteiger partial charge is 0.251 e. The van der Waals surface area contributed by atoms with Crippen LogP contribution in [0.4, 0.5) is 0 Å². The fourth-order valence-corrected chi connectivity index (χ4v) is 1.96. The number of carbonyl (C=O) groups is 1. The van der Waals surface area contributed by atoms with Crippen LogP contribution in [0.15, 0.2) is 30.3 Å². The van der Waals surface area contributed by atoms with Gasteiger partial charge in [-0.05, 0) is 44.0 Å². The number of aliphatic hydroxyl groups is 1. The van der Waals surface area contributed by atoms with Gasteiger partial charge in [-0.25, -0.2) is 0 Å². The Morgan fingerprint density at radius 1 is 1.30 bits per heavy atom. The van der Waals surface area contributed by atoms with Gasteiger partial charge >= 0.3 is 0 Å². The van der Waals surface area contributed by atoms with E-state index in [2.05, 4.69) is 10.3 Å². The minimum Gasteiger partial charge on any atom is -0.396 e. The average molecular weight is 272 g/mol. The van der Waals surface area contributed by atoms with Crippen molar-refractivity contribution >= 4 is 16.8 Å². The highest BCUT2D eigenvalue weighted by atomic mass is 16.3. The van der Waals surface area contributed by atoms with Crippen LogP contribution < -0.4 is 5.32 Å². The molecule has 0 aliphatic heterocycles. The summed E-state index contributed by atoms with van der Waals surface area (Å²) in [5, 5.41) is 13.0. The van der Waals surface area contributed by atoms with Crippen molar-refractivity contribution in [3.05, 3.63) is 41.6 Å². The molecule has 4 nitrogen and oxygen atoms in total. The number of nitrogens with zero attached hydrogens (tertiary/aromatic N) is 1. The van der Waals surface area contributed by atoms with Crippen LogP contribution in [-0.2, 0) is 0 Å². The second-order valence-corrected chi connectivity index (χ2v) is 5.28. The lowest BCUT2D eigenvalue weighted by Crippen LogP contribution is -2.38. The highest BCUT2D eigenvalue weighted by Crippen LogP contribution is 2.15. The van der Waals surface area contributed by atoms with Gasteiger partial charge in [-0.3, -0.25) is 9.78 Å². The van der Waals surface area contributed by atoms with Gasteiger partial charge in [-0.1, -0.05) is 13.0 Å². The zero-order chi connectivity index (χ0) is 14.7. The Morgan fingerprint density at radius 3 is 2.75 bits per heavy atom. The first-order chi connectivity index (χ1) is 9.51. The molecule has 2 rings (SSSR count).